The molecular formula is C18H28F2N2O3. The van der Waals surface area contributed by atoms with Crippen LogP contribution in [-0.2, 0) is 16.0 Å². The van der Waals surface area contributed by atoms with Crippen molar-refractivity contribution in [3.8, 4) is 0 Å². The van der Waals surface area contributed by atoms with Gasteiger partial charge in [-0.2, -0.15) is 0 Å². The molecule has 0 bridgehead atoms. The summed E-state index contributed by atoms with van der Waals surface area (Å²) in [6.07, 6.45) is -0.523. The second-order valence-corrected chi connectivity index (χ2v) is 6.77. The zero-order chi connectivity index (χ0) is 19.1. The maximum atomic E-state index is 13.3. The minimum absolute atomic E-state index is 0.0988. The van der Waals surface area contributed by atoms with Crippen molar-refractivity contribution >= 4 is 5.97 Å². The van der Waals surface area contributed by atoms with E-state index in [0.717, 1.165) is 4.57 Å². The van der Waals surface area contributed by atoms with Crippen molar-refractivity contribution in [1.29, 1.82) is 0 Å². The van der Waals surface area contributed by atoms with Crippen LogP contribution in [0.15, 0.2) is 17.1 Å². The van der Waals surface area contributed by atoms with E-state index in [1.165, 1.54) is 12.3 Å². The Hall–Kier alpha value is -1.76. The molecule has 1 aromatic rings. The molecule has 0 spiro atoms. The summed E-state index contributed by atoms with van der Waals surface area (Å²) in [6.45, 7) is 6.30. The molecule has 0 aliphatic heterocycles. The van der Waals surface area contributed by atoms with Crippen LogP contribution in [0.5, 0.6) is 0 Å². The molecule has 0 aromatic carbocycles. The zero-order valence-electron chi connectivity index (χ0n) is 15.6. The smallest absolute Gasteiger partial charge is 0.329 e. The van der Waals surface area contributed by atoms with E-state index in [9.17, 15) is 18.4 Å². The lowest BCUT2D eigenvalue weighted by molar-refractivity contribution is -0.147. The number of carbonyl (C=O) groups is 1. The largest absolute Gasteiger partial charge is 0.464 e. The van der Waals surface area contributed by atoms with Gasteiger partial charge in [-0.05, 0) is 51.4 Å². The Kier molecular flexibility index (Phi) is 8.22. The molecule has 0 radical (unpaired) electrons. The Labute approximate surface area is 147 Å². The normalized spacial score (nSPS) is 12.9. The van der Waals surface area contributed by atoms with E-state index < -0.39 is 29.6 Å². The fourth-order valence-electron chi connectivity index (χ4n) is 2.57. The van der Waals surface area contributed by atoms with Crippen LogP contribution in [0, 0.1) is 5.92 Å². The number of nitrogens with zero attached hydrogens (tertiary/aromatic N) is 2. The van der Waals surface area contributed by atoms with Crippen LogP contribution in [0.25, 0.3) is 0 Å². The maximum Gasteiger partial charge on any atom is 0.329 e. The van der Waals surface area contributed by atoms with Crippen molar-refractivity contribution in [2.24, 2.45) is 5.92 Å². The predicted octanol–water partition coefficient (Wildman–Crippen LogP) is 3.04. The van der Waals surface area contributed by atoms with Gasteiger partial charge in [0, 0.05) is 12.7 Å². The molecule has 5 nitrogen and oxygen atoms in total. The number of esters is 1. The molecule has 0 saturated heterocycles. The second-order valence-electron chi connectivity index (χ2n) is 6.77. The molecule has 0 saturated carbocycles. The number of hydrogen-bond acceptors (Lipinski definition) is 4. The fraction of sp³-hybridized carbons (Fsp3) is 0.667. The predicted molar refractivity (Wildman–Crippen MR) is 93.0 cm³/mol. The number of pyridine rings is 1. The van der Waals surface area contributed by atoms with Gasteiger partial charge >= 0.3 is 5.97 Å². The van der Waals surface area contributed by atoms with Crippen LogP contribution in [0.3, 0.4) is 0 Å². The van der Waals surface area contributed by atoms with Crippen molar-refractivity contribution in [1.82, 2.24) is 9.47 Å². The summed E-state index contributed by atoms with van der Waals surface area (Å²) in [5.41, 5.74) is -0.807. The van der Waals surface area contributed by atoms with Gasteiger partial charge in [-0.3, -0.25) is 4.79 Å². The fourth-order valence-corrected chi connectivity index (χ4v) is 2.57. The Balaban J connectivity index is 3.40. The first kappa shape index (κ1) is 21.3. The van der Waals surface area contributed by atoms with Gasteiger partial charge in [0.05, 0.1) is 12.2 Å². The van der Waals surface area contributed by atoms with Crippen molar-refractivity contribution in [2.45, 2.75) is 46.1 Å². The molecule has 0 N–H and O–H groups in total. The lowest BCUT2D eigenvalue weighted by Crippen LogP contribution is -2.34. The topological polar surface area (TPSA) is 51.5 Å². The molecule has 142 valence electrons. The molecule has 1 heterocycles. The maximum absolute atomic E-state index is 13.3. The summed E-state index contributed by atoms with van der Waals surface area (Å²) in [6, 6.07) is 0.342. The standard InChI is InChI=1S/C18H28F2N2O3/c1-6-25-18(24)15(9-12(2)3)22-11-13(7-8-21(4)5)10-14(16(19)20)17(22)23/h10-12,15-16H,6-9H2,1-5H3. The third-order valence-electron chi connectivity index (χ3n) is 3.80. The first-order valence-electron chi connectivity index (χ1n) is 8.51. The van der Waals surface area contributed by atoms with Crippen LogP contribution in [-0.4, -0.2) is 42.7 Å². The average Bonchev–Trinajstić information content (AvgIpc) is 2.51. The summed E-state index contributed by atoms with van der Waals surface area (Å²) in [5.74, 6) is -0.468. The summed E-state index contributed by atoms with van der Waals surface area (Å²) in [7, 11) is 3.76. The van der Waals surface area contributed by atoms with E-state index in [2.05, 4.69) is 0 Å². The van der Waals surface area contributed by atoms with E-state index in [1.54, 1.807) is 6.92 Å². The van der Waals surface area contributed by atoms with E-state index in [0.29, 0.717) is 24.9 Å². The summed E-state index contributed by atoms with van der Waals surface area (Å²) >= 11 is 0. The van der Waals surface area contributed by atoms with Gasteiger partial charge in [-0.1, -0.05) is 13.8 Å². The van der Waals surface area contributed by atoms with E-state index in [4.69, 9.17) is 4.74 Å². The molecule has 1 rings (SSSR count). The molecule has 1 unspecified atom stereocenters. The zero-order valence-corrected chi connectivity index (χ0v) is 15.6. The highest BCUT2D eigenvalue weighted by atomic mass is 19.3. The Bertz CT molecular complexity index is 627. The number of rotatable bonds is 9. The SMILES string of the molecule is CCOC(=O)C(CC(C)C)n1cc(CCN(C)C)cc(C(F)F)c1=O. The highest BCUT2D eigenvalue weighted by Gasteiger charge is 2.27. The van der Waals surface area contributed by atoms with E-state index in [-0.39, 0.29) is 12.5 Å². The monoisotopic (exact) mass is 358 g/mol. The average molecular weight is 358 g/mol. The minimum Gasteiger partial charge on any atom is -0.464 e. The first-order valence-corrected chi connectivity index (χ1v) is 8.51. The molecule has 1 aromatic heterocycles. The van der Waals surface area contributed by atoms with Crippen LogP contribution in [0.4, 0.5) is 8.78 Å². The molecule has 7 heteroatoms. The summed E-state index contributed by atoms with van der Waals surface area (Å²) in [5, 5.41) is 0. The Morgan fingerprint density at radius 2 is 1.96 bits per heavy atom. The van der Waals surface area contributed by atoms with Crippen molar-refractivity contribution in [2.75, 3.05) is 27.2 Å². The third kappa shape index (κ3) is 6.23. The summed E-state index contributed by atoms with van der Waals surface area (Å²) in [4.78, 5) is 26.7. The molecular weight excluding hydrogens is 330 g/mol. The van der Waals surface area contributed by atoms with Crippen molar-refractivity contribution in [3.63, 3.8) is 0 Å². The number of ether oxygens (including phenoxy) is 1. The lowest BCUT2D eigenvalue weighted by atomic mass is 10.0. The van der Waals surface area contributed by atoms with Gasteiger partial charge in [0.1, 0.15) is 6.04 Å². The number of halogens is 2. The van der Waals surface area contributed by atoms with Gasteiger partial charge in [-0.25, -0.2) is 13.6 Å². The van der Waals surface area contributed by atoms with Crippen LogP contribution >= 0.6 is 0 Å². The molecule has 0 amide bonds. The number of hydrogen-bond donors (Lipinski definition) is 0. The van der Waals surface area contributed by atoms with Crippen LogP contribution in [0.2, 0.25) is 0 Å². The Morgan fingerprint density at radius 3 is 2.44 bits per heavy atom. The molecule has 1 atom stereocenters. The molecule has 0 aliphatic rings. The number of alkyl halides is 2. The van der Waals surface area contributed by atoms with Gasteiger partial charge in [0.2, 0.25) is 0 Å². The van der Waals surface area contributed by atoms with Crippen LogP contribution < -0.4 is 5.56 Å². The third-order valence-corrected chi connectivity index (χ3v) is 3.80. The highest BCUT2D eigenvalue weighted by molar-refractivity contribution is 5.74. The minimum atomic E-state index is -2.89. The highest BCUT2D eigenvalue weighted by Crippen LogP contribution is 2.22. The van der Waals surface area contributed by atoms with Gasteiger partial charge in [0.25, 0.3) is 12.0 Å². The van der Waals surface area contributed by atoms with Crippen molar-refractivity contribution in [3.05, 3.63) is 33.7 Å². The summed E-state index contributed by atoms with van der Waals surface area (Å²) < 4.78 is 32.8. The van der Waals surface area contributed by atoms with E-state index >= 15 is 0 Å². The first-order chi connectivity index (χ1) is 11.7. The van der Waals surface area contributed by atoms with E-state index in [1.807, 2.05) is 32.8 Å². The van der Waals surface area contributed by atoms with Gasteiger partial charge < -0.3 is 14.2 Å². The van der Waals surface area contributed by atoms with Crippen LogP contribution in [0.1, 0.15) is 50.8 Å². The van der Waals surface area contributed by atoms with Gasteiger partial charge in [0.15, 0.2) is 0 Å². The second kappa shape index (κ2) is 9.65. The molecule has 0 fully saturated rings. The number of carbonyl (C=O) groups excluding carboxylic acids is 1. The van der Waals surface area contributed by atoms with Gasteiger partial charge in [-0.15, -0.1) is 0 Å². The molecule has 25 heavy (non-hydrogen) atoms. The number of aromatic nitrogens is 1. The lowest BCUT2D eigenvalue weighted by Gasteiger charge is -2.22. The Morgan fingerprint density at radius 1 is 1.32 bits per heavy atom. The number of likely N-dealkylation sites (N-methyl/N-ethyl adjacent to an activating group) is 1. The molecule has 0 aliphatic carbocycles. The van der Waals surface area contributed by atoms with Crippen molar-refractivity contribution < 1.29 is 18.3 Å². The quantitative estimate of drug-likeness (QED) is 0.637.